The summed E-state index contributed by atoms with van der Waals surface area (Å²) in [7, 11) is 0. The van der Waals surface area contributed by atoms with Crippen LogP contribution >= 0.6 is 11.8 Å². The summed E-state index contributed by atoms with van der Waals surface area (Å²) in [5, 5.41) is 10.3. The number of nitrogens with one attached hydrogen (secondary N) is 2. The van der Waals surface area contributed by atoms with Crippen molar-refractivity contribution in [2.24, 2.45) is 0 Å². The molecule has 2 aromatic rings. The molecular weight excluding hydrogens is 284 g/mol. The first-order chi connectivity index (χ1) is 10.3. The van der Waals surface area contributed by atoms with E-state index in [1.807, 2.05) is 49.4 Å². The molecule has 0 aliphatic heterocycles. The Hall–Kier alpha value is -2.08. The first kappa shape index (κ1) is 15.3. The van der Waals surface area contributed by atoms with E-state index in [-0.39, 0.29) is 5.91 Å². The second-order valence-electron chi connectivity index (χ2n) is 4.39. The lowest BCUT2D eigenvalue weighted by atomic mass is 10.2. The molecule has 0 aliphatic carbocycles. The highest BCUT2D eigenvalue weighted by molar-refractivity contribution is 7.99. The Morgan fingerprint density at radius 1 is 1.33 bits per heavy atom. The molecule has 110 valence electrons. The van der Waals surface area contributed by atoms with Crippen molar-refractivity contribution in [3.8, 4) is 0 Å². The Bertz CT molecular complexity index is 595. The van der Waals surface area contributed by atoms with Crippen molar-refractivity contribution in [3.63, 3.8) is 0 Å². The molecule has 0 radical (unpaired) electrons. The smallest absolute Gasteiger partial charge is 0.230 e. The van der Waals surface area contributed by atoms with Crippen molar-refractivity contribution >= 4 is 29.8 Å². The average molecular weight is 302 g/mol. The number of amides is 1. The van der Waals surface area contributed by atoms with Crippen LogP contribution in [0.1, 0.15) is 24.7 Å². The minimum absolute atomic E-state index is 0.00743. The fraction of sp³-hybridized carbons (Fsp3) is 0.267. The largest absolute Gasteiger partial charge is 0.355 e. The molecule has 6 heteroatoms. The van der Waals surface area contributed by atoms with Gasteiger partial charge < -0.3 is 5.32 Å². The van der Waals surface area contributed by atoms with Gasteiger partial charge in [-0.2, -0.15) is 0 Å². The van der Waals surface area contributed by atoms with Crippen LogP contribution in [-0.4, -0.2) is 33.4 Å². The van der Waals surface area contributed by atoms with E-state index in [2.05, 4.69) is 20.5 Å². The summed E-state index contributed by atoms with van der Waals surface area (Å²) < 4.78 is 0. The third-order valence-electron chi connectivity index (χ3n) is 2.62. The van der Waals surface area contributed by atoms with Crippen LogP contribution in [0.4, 0.5) is 0 Å². The van der Waals surface area contributed by atoms with Crippen LogP contribution in [0.5, 0.6) is 0 Å². The molecule has 1 aromatic heterocycles. The van der Waals surface area contributed by atoms with Gasteiger partial charge in [0.15, 0.2) is 0 Å². The van der Waals surface area contributed by atoms with E-state index in [1.165, 1.54) is 11.8 Å². The highest BCUT2D eigenvalue weighted by Crippen LogP contribution is 2.13. The summed E-state index contributed by atoms with van der Waals surface area (Å²) in [6, 6.07) is 9.97. The van der Waals surface area contributed by atoms with E-state index < -0.39 is 0 Å². The number of carbonyl (C=O) groups excluding carboxylic acids is 1. The molecule has 0 spiro atoms. The fourth-order valence-corrected chi connectivity index (χ4v) is 2.22. The third-order valence-corrected chi connectivity index (χ3v) is 3.47. The Labute approximate surface area is 128 Å². The number of aromatic amines is 1. The summed E-state index contributed by atoms with van der Waals surface area (Å²) in [6.45, 7) is 2.73. The molecule has 0 fully saturated rings. The van der Waals surface area contributed by atoms with E-state index in [4.69, 9.17) is 0 Å². The maximum Gasteiger partial charge on any atom is 0.230 e. The van der Waals surface area contributed by atoms with Crippen LogP contribution < -0.4 is 5.32 Å². The van der Waals surface area contributed by atoms with Gasteiger partial charge in [-0.15, -0.1) is 5.10 Å². The lowest BCUT2D eigenvalue weighted by molar-refractivity contribution is -0.118. The van der Waals surface area contributed by atoms with E-state index in [1.54, 1.807) is 0 Å². The monoisotopic (exact) mass is 302 g/mol. The first-order valence-corrected chi connectivity index (χ1v) is 7.81. The average Bonchev–Trinajstić information content (AvgIpc) is 2.98. The topological polar surface area (TPSA) is 70.7 Å². The highest BCUT2D eigenvalue weighted by Gasteiger charge is 2.05. The number of nitrogens with zero attached hydrogens (tertiary/aromatic N) is 2. The van der Waals surface area contributed by atoms with Gasteiger partial charge in [0.2, 0.25) is 11.1 Å². The number of aromatic nitrogens is 3. The Morgan fingerprint density at radius 3 is 2.90 bits per heavy atom. The van der Waals surface area contributed by atoms with E-state index in [0.717, 1.165) is 12.0 Å². The Morgan fingerprint density at radius 2 is 2.14 bits per heavy atom. The Balaban J connectivity index is 1.84. The van der Waals surface area contributed by atoms with Gasteiger partial charge in [0, 0.05) is 6.54 Å². The molecule has 0 aliphatic rings. The molecule has 0 unspecified atom stereocenters. The van der Waals surface area contributed by atoms with E-state index in [0.29, 0.717) is 23.3 Å². The van der Waals surface area contributed by atoms with Gasteiger partial charge in [-0.05, 0) is 18.1 Å². The van der Waals surface area contributed by atoms with Gasteiger partial charge >= 0.3 is 0 Å². The SMILES string of the molecule is CCCNC(=O)CSc1n[nH]c(/C=C/c2ccccc2)n1. The van der Waals surface area contributed by atoms with Crippen molar-refractivity contribution in [2.45, 2.75) is 18.5 Å². The molecule has 0 saturated heterocycles. The van der Waals surface area contributed by atoms with E-state index in [9.17, 15) is 4.79 Å². The Kier molecular flexibility index (Phi) is 6.02. The van der Waals surface area contributed by atoms with Crippen LogP contribution in [0, 0.1) is 0 Å². The maximum atomic E-state index is 11.5. The zero-order valence-corrected chi connectivity index (χ0v) is 12.7. The number of hydrogen-bond acceptors (Lipinski definition) is 4. The maximum absolute atomic E-state index is 11.5. The van der Waals surface area contributed by atoms with Gasteiger partial charge in [0.1, 0.15) is 5.82 Å². The standard InChI is InChI=1S/C15H18N4OS/c1-2-10-16-14(20)11-21-15-17-13(18-19-15)9-8-12-6-4-3-5-7-12/h3-9H,2,10-11H2,1H3,(H,16,20)(H,17,18,19)/b9-8+. The second-order valence-corrected chi connectivity index (χ2v) is 5.33. The zero-order valence-electron chi connectivity index (χ0n) is 11.9. The van der Waals surface area contributed by atoms with Gasteiger partial charge in [-0.3, -0.25) is 9.89 Å². The summed E-state index contributed by atoms with van der Waals surface area (Å²) in [4.78, 5) is 15.8. The molecule has 1 amide bonds. The normalized spacial score (nSPS) is 10.9. The van der Waals surface area contributed by atoms with Crippen molar-refractivity contribution in [1.82, 2.24) is 20.5 Å². The molecule has 2 rings (SSSR count). The van der Waals surface area contributed by atoms with Crippen LogP contribution in [0.25, 0.3) is 12.2 Å². The molecule has 5 nitrogen and oxygen atoms in total. The van der Waals surface area contributed by atoms with Gasteiger partial charge in [0.25, 0.3) is 0 Å². The predicted molar refractivity (Wildman–Crippen MR) is 85.8 cm³/mol. The number of H-pyrrole nitrogens is 1. The van der Waals surface area contributed by atoms with Gasteiger partial charge in [-0.1, -0.05) is 55.1 Å². The molecule has 0 bridgehead atoms. The molecule has 0 saturated carbocycles. The van der Waals surface area contributed by atoms with Crippen molar-refractivity contribution < 1.29 is 4.79 Å². The minimum atomic E-state index is 0.00743. The summed E-state index contributed by atoms with van der Waals surface area (Å²) in [6.07, 6.45) is 4.76. The van der Waals surface area contributed by atoms with Gasteiger partial charge in [-0.25, -0.2) is 4.98 Å². The second kappa shape index (κ2) is 8.26. The molecular formula is C15H18N4OS. The predicted octanol–water partition coefficient (Wildman–Crippen LogP) is 2.59. The third kappa shape index (κ3) is 5.43. The zero-order chi connectivity index (χ0) is 14.9. The number of thioether (sulfide) groups is 1. The molecule has 21 heavy (non-hydrogen) atoms. The minimum Gasteiger partial charge on any atom is -0.355 e. The highest BCUT2D eigenvalue weighted by atomic mass is 32.2. The first-order valence-electron chi connectivity index (χ1n) is 6.83. The molecule has 2 N–H and O–H groups in total. The molecule has 1 aromatic carbocycles. The summed E-state index contributed by atoms with van der Waals surface area (Å²) >= 11 is 1.32. The lowest BCUT2D eigenvalue weighted by Crippen LogP contribution is -2.25. The number of hydrogen-bond donors (Lipinski definition) is 2. The van der Waals surface area contributed by atoms with Crippen LogP contribution in [0.15, 0.2) is 35.5 Å². The van der Waals surface area contributed by atoms with Crippen molar-refractivity contribution in [2.75, 3.05) is 12.3 Å². The quantitative estimate of drug-likeness (QED) is 0.771. The van der Waals surface area contributed by atoms with Gasteiger partial charge in [0.05, 0.1) is 5.75 Å². The summed E-state index contributed by atoms with van der Waals surface area (Å²) in [5.74, 6) is 1.02. The fourth-order valence-electron chi connectivity index (χ4n) is 1.58. The van der Waals surface area contributed by atoms with E-state index >= 15 is 0 Å². The summed E-state index contributed by atoms with van der Waals surface area (Å²) in [5.41, 5.74) is 1.10. The number of rotatable bonds is 7. The number of benzene rings is 1. The van der Waals surface area contributed by atoms with Crippen LogP contribution in [-0.2, 0) is 4.79 Å². The van der Waals surface area contributed by atoms with Crippen molar-refractivity contribution in [1.29, 1.82) is 0 Å². The lowest BCUT2D eigenvalue weighted by Gasteiger charge is -2.00. The van der Waals surface area contributed by atoms with Crippen LogP contribution in [0.2, 0.25) is 0 Å². The van der Waals surface area contributed by atoms with Crippen molar-refractivity contribution in [3.05, 3.63) is 41.7 Å². The molecule has 1 heterocycles. The molecule has 0 atom stereocenters. The van der Waals surface area contributed by atoms with Crippen LogP contribution in [0.3, 0.4) is 0 Å². The number of carbonyl (C=O) groups is 1.